The summed E-state index contributed by atoms with van der Waals surface area (Å²) in [5.74, 6) is -0.0162. The van der Waals surface area contributed by atoms with E-state index in [1.165, 1.54) is 12.3 Å². The Bertz CT molecular complexity index is 374. The van der Waals surface area contributed by atoms with Crippen molar-refractivity contribution in [1.82, 2.24) is 4.98 Å². The first kappa shape index (κ1) is 8.95. The summed E-state index contributed by atoms with van der Waals surface area (Å²) >= 11 is 0. The van der Waals surface area contributed by atoms with Crippen molar-refractivity contribution >= 4 is 10.3 Å². The minimum absolute atomic E-state index is 0.0162. The topological polar surface area (TPSA) is 82.3 Å². The average Bonchev–Trinajstić information content (AvgIpc) is 1.82. The van der Waals surface area contributed by atoms with Crippen LogP contribution < -0.4 is 9.32 Å². The van der Waals surface area contributed by atoms with Crippen molar-refractivity contribution in [3.05, 3.63) is 23.9 Å². The Morgan fingerprint density at radius 3 is 2.75 bits per heavy atom. The molecule has 0 aliphatic rings. The van der Waals surface area contributed by atoms with E-state index in [1.807, 2.05) is 0 Å². The third kappa shape index (κ3) is 2.85. The van der Waals surface area contributed by atoms with E-state index in [0.29, 0.717) is 0 Å². The predicted octanol–water partition coefficient (Wildman–Crippen LogP) is -0.0277. The van der Waals surface area contributed by atoms with Gasteiger partial charge in [0.2, 0.25) is 5.88 Å². The van der Waals surface area contributed by atoms with Crippen LogP contribution in [-0.4, -0.2) is 13.4 Å². The first-order valence-corrected chi connectivity index (χ1v) is 4.59. The monoisotopic (exact) mass is 188 g/mol. The number of hydrogen-bond donors (Lipinski definition) is 1. The Kier molecular flexibility index (Phi) is 2.30. The van der Waals surface area contributed by atoms with Gasteiger partial charge < -0.3 is 4.18 Å². The van der Waals surface area contributed by atoms with E-state index in [2.05, 4.69) is 14.3 Å². The smallest absolute Gasteiger partial charge is 0.350 e. The third-order valence-corrected chi connectivity index (χ3v) is 1.49. The molecule has 5 nitrogen and oxygen atoms in total. The summed E-state index contributed by atoms with van der Waals surface area (Å²) in [6.45, 7) is 1.79. The van der Waals surface area contributed by atoms with Crippen molar-refractivity contribution in [3.63, 3.8) is 0 Å². The molecule has 0 saturated carbocycles. The average molecular weight is 188 g/mol. The molecule has 1 rings (SSSR count). The van der Waals surface area contributed by atoms with Crippen LogP contribution in [0.3, 0.4) is 0 Å². The molecule has 2 N–H and O–H groups in total. The molecule has 0 saturated heterocycles. The molecule has 1 aromatic rings. The van der Waals surface area contributed by atoms with Gasteiger partial charge in [0.05, 0.1) is 0 Å². The number of pyridine rings is 1. The van der Waals surface area contributed by atoms with Gasteiger partial charge >= 0.3 is 10.3 Å². The number of hydrogen-bond acceptors (Lipinski definition) is 4. The van der Waals surface area contributed by atoms with Gasteiger partial charge in [-0.1, -0.05) is 0 Å². The van der Waals surface area contributed by atoms with Gasteiger partial charge in [0.1, 0.15) is 0 Å². The maximum absolute atomic E-state index is 10.4. The zero-order valence-corrected chi connectivity index (χ0v) is 7.21. The molecule has 6 heteroatoms. The van der Waals surface area contributed by atoms with Gasteiger partial charge in [-0.25, -0.2) is 4.98 Å². The molecule has 0 atom stereocenters. The van der Waals surface area contributed by atoms with E-state index in [4.69, 9.17) is 0 Å². The van der Waals surface area contributed by atoms with Crippen molar-refractivity contribution in [2.45, 2.75) is 6.92 Å². The van der Waals surface area contributed by atoms with Crippen molar-refractivity contribution in [2.75, 3.05) is 0 Å². The molecule has 1 aromatic heterocycles. The highest BCUT2D eigenvalue weighted by Crippen LogP contribution is 2.08. The van der Waals surface area contributed by atoms with Gasteiger partial charge in [0, 0.05) is 12.3 Å². The molecule has 0 amide bonds. The van der Waals surface area contributed by atoms with Crippen LogP contribution in [0.25, 0.3) is 0 Å². The molecule has 0 fully saturated rings. The first-order valence-electron chi connectivity index (χ1n) is 3.12. The number of nitrogens with zero attached hydrogens (tertiary/aromatic N) is 1. The largest absolute Gasteiger partial charge is 0.381 e. The normalized spacial score (nSPS) is 11.2. The molecule has 0 aliphatic carbocycles. The van der Waals surface area contributed by atoms with Gasteiger partial charge in [0.15, 0.2) is 0 Å². The standard InChI is InChI=1S/C6H8N2O3S/c1-5-2-3-8-6(4-5)11-12(7,9)10/h2-4H,1H3,(H2,7,9,10). The van der Waals surface area contributed by atoms with Gasteiger partial charge in [-0.15, -0.1) is 0 Å². The number of nitrogens with two attached hydrogens (primary N) is 1. The molecule has 1 heterocycles. The SMILES string of the molecule is Cc1ccnc(OS(N)(=O)=O)c1. The Balaban J connectivity index is 2.91. The maximum Gasteiger partial charge on any atom is 0.381 e. The molecule has 0 aliphatic heterocycles. The predicted molar refractivity (Wildman–Crippen MR) is 42.7 cm³/mol. The van der Waals surface area contributed by atoms with E-state index in [0.717, 1.165) is 5.56 Å². The van der Waals surface area contributed by atoms with E-state index in [1.54, 1.807) is 13.0 Å². The minimum atomic E-state index is -3.96. The molecule has 12 heavy (non-hydrogen) atoms. The molecule has 0 unspecified atom stereocenters. The van der Waals surface area contributed by atoms with Crippen LogP contribution in [-0.2, 0) is 10.3 Å². The quantitative estimate of drug-likeness (QED) is 0.706. The fourth-order valence-corrected chi connectivity index (χ4v) is 1.00. The van der Waals surface area contributed by atoms with Gasteiger partial charge in [-0.3, -0.25) is 0 Å². The number of aryl methyl sites for hydroxylation is 1. The summed E-state index contributed by atoms with van der Waals surface area (Å²) < 4.78 is 25.2. The Morgan fingerprint density at radius 2 is 2.25 bits per heavy atom. The Morgan fingerprint density at radius 1 is 1.58 bits per heavy atom. The lowest BCUT2D eigenvalue weighted by Crippen LogP contribution is -2.19. The van der Waals surface area contributed by atoms with Crippen molar-refractivity contribution in [3.8, 4) is 5.88 Å². The van der Waals surface area contributed by atoms with E-state index < -0.39 is 10.3 Å². The highest BCUT2D eigenvalue weighted by Gasteiger charge is 2.04. The number of rotatable bonds is 2. The summed E-state index contributed by atoms with van der Waals surface area (Å²) in [6, 6.07) is 3.19. The number of aromatic nitrogens is 1. The van der Waals surface area contributed by atoms with Crippen LogP contribution in [0.4, 0.5) is 0 Å². The summed E-state index contributed by atoms with van der Waals surface area (Å²) in [6.07, 6.45) is 1.44. The van der Waals surface area contributed by atoms with Crippen molar-refractivity contribution in [1.29, 1.82) is 0 Å². The minimum Gasteiger partial charge on any atom is -0.350 e. The molecule has 66 valence electrons. The zero-order chi connectivity index (χ0) is 9.19. The van der Waals surface area contributed by atoms with Crippen LogP contribution in [0.15, 0.2) is 18.3 Å². The van der Waals surface area contributed by atoms with Crippen molar-refractivity contribution < 1.29 is 12.6 Å². The lowest BCUT2D eigenvalue weighted by atomic mass is 10.3. The van der Waals surface area contributed by atoms with Crippen LogP contribution in [0.2, 0.25) is 0 Å². The van der Waals surface area contributed by atoms with Crippen LogP contribution >= 0.6 is 0 Å². The first-order chi connectivity index (χ1) is 5.47. The summed E-state index contributed by atoms with van der Waals surface area (Å²) in [7, 11) is -3.96. The second-order valence-corrected chi connectivity index (χ2v) is 3.40. The summed E-state index contributed by atoms with van der Waals surface area (Å²) in [4.78, 5) is 3.64. The molecule has 0 radical (unpaired) electrons. The second-order valence-electron chi connectivity index (χ2n) is 2.25. The van der Waals surface area contributed by atoms with Crippen molar-refractivity contribution in [2.24, 2.45) is 5.14 Å². The lowest BCUT2D eigenvalue weighted by molar-refractivity contribution is 0.477. The van der Waals surface area contributed by atoms with E-state index >= 15 is 0 Å². The lowest BCUT2D eigenvalue weighted by Gasteiger charge is -2.00. The summed E-state index contributed by atoms with van der Waals surface area (Å²) in [5.41, 5.74) is 0.851. The van der Waals surface area contributed by atoms with E-state index in [-0.39, 0.29) is 5.88 Å². The highest BCUT2D eigenvalue weighted by atomic mass is 32.2. The maximum atomic E-state index is 10.4. The van der Waals surface area contributed by atoms with Crippen LogP contribution in [0, 0.1) is 6.92 Å². The van der Waals surface area contributed by atoms with Crippen LogP contribution in [0.5, 0.6) is 5.88 Å². The van der Waals surface area contributed by atoms with Gasteiger partial charge in [-0.05, 0) is 18.6 Å². The fraction of sp³-hybridized carbons (Fsp3) is 0.167. The highest BCUT2D eigenvalue weighted by molar-refractivity contribution is 7.84. The third-order valence-electron chi connectivity index (χ3n) is 1.09. The second kappa shape index (κ2) is 3.08. The molecule has 0 spiro atoms. The van der Waals surface area contributed by atoms with Crippen LogP contribution in [0.1, 0.15) is 5.56 Å². The fourth-order valence-electron chi connectivity index (χ4n) is 0.673. The molecular formula is C6H8N2O3S. The molecule has 0 bridgehead atoms. The molecular weight excluding hydrogens is 180 g/mol. The Labute approximate surface area is 70.4 Å². The van der Waals surface area contributed by atoms with Gasteiger partial charge in [0.25, 0.3) is 0 Å². The summed E-state index contributed by atoms with van der Waals surface area (Å²) in [5, 5.41) is 4.63. The molecule has 0 aromatic carbocycles. The van der Waals surface area contributed by atoms with Gasteiger partial charge in [-0.2, -0.15) is 13.6 Å². The van der Waals surface area contributed by atoms with E-state index in [9.17, 15) is 8.42 Å². The Hall–Kier alpha value is -1.14. The zero-order valence-electron chi connectivity index (χ0n) is 6.39.